The van der Waals surface area contributed by atoms with Gasteiger partial charge < -0.3 is 10.5 Å². The summed E-state index contributed by atoms with van der Waals surface area (Å²) in [6, 6.07) is 1.46. The molecule has 2 aliphatic carbocycles. The monoisotopic (exact) mass is 240 g/mol. The second kappa shape index (κ2) is 6.17. The Hall–Kier alpha value is -0.120. The summed E-state index contributed by atoms with van der Waals surface area (Å²) in [5.74, 6) is 0.722. The highest BCUT2D eigenvalue weighted by molar-refractivity contribution is 4.92. The molecule has 0 aromatic carbocycles. The summed E-state index contributed by atoms with van der Waals surface area (Å²) < 4.78 is 5.65. The van der Waals surface area contributed by atoms with E-state index in [2.05, 4.69) is 18.9 Å². The molecule has 2 saturated carbocycles. The molecule has 0 heterocycles. The van der Waals surface area contributed by atoms with Gasteiger partial charge in [0.25, 0.3) is 0 Å². The lowest BCUT2D eigenvalue weighted by Crippen LogP contribution is -2.54. The lowest BCUT2D eigenvalue weighted by molar-refractivity contribution is -0.0595. The Balaban J connectivity index is 1.81. The minimum atomic E-state index is 0.521. The van der Waals surface area contributed by atoms with E-state index in [9.17, 15) is 0 Å². The van der Waals surface area contributed by atoms with Gasteiger partial charge in [0.15, 0.2) is 0 Å². The van der Waals surface area contributed by atoms with Crippen LogP contribution in [-0.4, -0.2) is 43.3 Å². The molecule has 0 spiro atoms. The Bertz CT molecular complexity index is 228. The van der Waals surface area contributed by atoms with Gasteiger partial charge in [0.2, 0.25) is 0 Å². The lowest BCUT2D eigenvalue weighted by Gasteiger charge is -2.47. The molecule has 0 aromatic heterocycles. The van der Waals surface area contributed by atoms with Crippen LogP contribution in [0.4, 0.5) is 0 Å². The molecule has 0 aliphatic heterocycles. The number of hydrogen-bond acceptors (Lipinski definition) is 3. The first-order valence-corrected chi connectivity index (χ1v) is 7.29. The fourth-order valence-corrected chi connectivity index (χ4v) is 3.51. The van der Waals surface area contributed by atoms with E-state index in [1.54, 1.807) is 0 Å². The van der Waals surface area contributed by atoms with Crippen molar-refractivity contribution in [1.82, 2.24) is 4.90 Å². The molecule has 2 aliphatic rings. The average Bonchev–Trinajstić information content (AvgIpc) is 2.32. The van der Waals surface area contributed by atoms with Gasteiger partial charge in [-0.1, -0.05) is 12.8 Å². The first-order valence-electron chi connectivity index (χ1n) is 7.29. The molecular formula is C14H28N2O. The van der Waals surface area contributed by atoms with Gasteiger partial charge in [0.05, 0.1) is 6.10 Å². The van der Waals surface area contributed by atoms with Gasteiger partial charge in [-0.25, -0.2) is 0 Å². The third-order valence-electron chi connectivity index (χ3n) is 4.74. The molecule has 2 fully saturated rings. The van der Waals surface area contributed by atoms with Crippen molar-refractivity contribution in [2.45, 2.75) is 63.6 Å². The maximum atomic E-state index is 5.91. The van der Waals surface area contributed by atoms with Crippen molar-refractivity contribution in [1.29, 1.82) is 0 Å². The fraction of sp³-hybridized carbons (Fsp3) is 1.00. The van der Waals surface area contributed by atoms with Gasteiger partial charge in [-0.2, -0.15) is 0 Å². The molecule has 0 radical (unpaired) electrons. The van der Waals surface area contributed by atoms with E-state index in [-0.39, 0.29) is 0 Å². The molecule has 17 heavy (non-hydrogen) atoms. The van der Waals surface area contributed by atoms with Crippen LogP contribution in [0, 0.1) is 5.92 Å². The van der Waals surface area contributed by atoms with E-state index in [0.29, 0.717) is 6.10 Å². The Morgan fingerprint density at radius 2 is 1.94 bits per heavy atom. The van der Waals surface area contributed by atoms with Crippen LogP contribution >= 0.6 is 0 Å². The first kappa shape index (κ1) is 13.3. The second-order valence-electron chi connectivity index (χ2n) is 5.72. The van der Waals surface area contributed by atoms with Crippen molar-refractivity contribution in [3.05, 3.63) is 0 Å². The SMILES string of the molecule is CCOC1CC(N(C)C2CCCCC2CN)C1. The van der Waals surface area contributed by atoms with Crippen LogP contribution in [0.15, 0.2) is 0 Å². The molecule has 3 heteroatoms. The molecule has 0 amide bonds. The number of rotatable bonds is 5. The molecule has 2 N–H and O–H groups in total. The molecule has 2 atom stereocenters. The minimum absolute atomic E-state index is 0.521. The molecule has 3 nitrogen and oxygen atoms in total. The van der Waals surface area contributed by atoms with Crippen molar-refractivity contribution in [3.8, 4) is 0 Å². The Labute approximate surface area is 106 Å². The summed E-state index contributed by atoms with van der Waals surface area (Å²) >= 11 is 0. The van der Waals surface area contributed by atoms with E-state index >= 15 is 0 Å². The summed E-state index contributed by atoms with van der Waals surface area (Å²) in [5, 5.41) is 0. The van der Waals surface area contributed by atoms with Crippen molar-refractivity contribution < 1.29 is 4.74 Å². The number of nitrogens with zero attached hydrogens (tertiary/aromatic N) is 1. The van der Waals surface area contributed by atoms with E-state index in [1.165, 1.54) is 38.5 Å². The Morgan fingerprint density at radius 3 is 2.59 bits per heavy atom. The van der Waals surface area contributed by atoms with Crippen LogP contribution in [0.1, 0.15) is 45.4 Å². The molecule has 2 rings (SSSR count). The average molecular weight is 240 g/mol. The quantitative estimate of drug-likeness (QED) is 0.799. The van der Waals surface area contributed by atoms with E-state index in [4.69, 9.17) is 10.5 Å². The second-order valence-corrected chi connectivity index (χ2v) is 5.72. The van der Waals surface area contributed by atoms with Crippen molar-refractivity contribution in [2.75, 3.05) is 20.2 Å². The lowest BCUT2D eigenvalue weighted by atomic mass is 9.80. The van der Waals surface area contributed by atoms with E-state index in [1.807, 2.05) is 0 Å². The van der Waals surface area contributed by atoms with Gasteiger partial charge in [-0.05, 0) is 52.1 Å². The molecule has 2 unspecified atom stereocenters. The zero-order valence-corrected chi connectivity index (χ0v) is 11.4. The van der Waals surface area contributed by atoms with Gasteiger partial charge >= 0.3 is 0 Å². The van der Waals surface area contributed by atoms with Crippen LogP contribution < -0.4 is 5.73 Å². The predicted molar refractivity (Wildman–Crippen MR) is 71.0 cm³/mol. The Morgan fingerprint density at radius 1 is 1.24 bits per heavy atom. The largest absolute Gasteiger partial charge is 0.378 e. The van der Waals surface area contributed by atoms with Crippen LogP contribution in [0.5, 0.6) is 0 Å². The van der Waals surface area contributed by atoms with Gasteiger partial charge in [0, 0.05) is 18.7 Å². The van der Waals surface area contributed by atoms with Crippen molar-refractivity contribution in [3.63, 3.8) is 0 Å². The van der Waals surface area contributed by atoms with Crippen molar-refractivity contribution >= 4 is 0 Å². The standard InChI is InChI=1S/C14H28N2O/c1-3-17-13-8-12(9-13)16(2)14-7-5-4-6-11(14)10-15/h11-14H,3-10,15H2,1-2H3. The van der Waals surface area contributed by atoms with Crippen LogP contribution in [0.2, 0.25) is 0 Å². The van der Waals surface area contributed by atoms with Crippen LogP contribution in [-0.2, 0) is 4.74 Å². The molecule has 0 bridgehead atoms. The van der Waals surface area contributed by atoms with Gasteiger partial charge in [0.1, 0.15) is 0 Å². The summed E-state index contributed by atoms with van der Waals surface area (Å²) in [5.41, 5.74) is 5.91. The zero-order valence-electron chi connectivity index (χ0n) is 11.4. The highest BCUT2D eigenvalue weighted by Crippen LogP contribution is 2.34. The normalized spacial score (nSPS) is 38.1. The summed E-state index contributed by atoms with van der Waals surface area (Å²) in [6.07, 6.45) is 8.38. The molecular weight excluding hydrogens is 212 g/mol. The Kier molecular flexibility index (Phi) is 4.83. The highest BCUT2D eigenvalue weighted by atomic mass is 16.5. The highest BCUT2D eigenvalue weighted by Gasteiger charge is 2.37. The summed E-state index contributed by atoms with van der Waals surface area (Å²) in [4.78, 5) is 2.60. The molecule has 0 saturated heterocycles. The van der Waals surface area contributed by atoms with Crippen LogP contribution in [0.3, 0.4) is 0 Å². The zero-order chi connectivity index (χ0) is 12.3. The third kappa shape index (κ3) is 3.01. The fourth-order valence-electron chi connectivity index (χ4n) is 3.51. The summed E-state index contributed by atoms with van der Waals surface area (Å²) in [7, 11) is 2.30. The molecule has 0 aromatic rings. The van der Waals surface area contributed by atoms with E-state index in [0.717, 1.165) is 31.2 Å². The summed E-state index contributed by atoms with van der Waals surface area (Å²) in [6.45, 7) is 3.80. The van der Waals surface area contributed by atoms with Crippen molar-refractivity contribution in [2.24, 2.45) is 11.7 Å². The maximum Gasteiger partial charge on any atom is 0.0604 e. The van der Waals surface area contributed by atoms with Crippen LogP contribution in [0.25, 0.3) is 0 Å². The topological polar surface area (TPSA) is 38.5 Å². The smallest absolute Gasteiger partial charge is 0.0604 e. The number of hydrogen-bond donors (Lipinski definition) is 1. The van der Waals surface area contributed by atoms with Gasteiger partial charge in [-0.15, -0.1) is 0 Å². The third-order valence-corrected chi connectivity index (χ3v) is 4.74. The predicted octanol–water partition coefficient (Wildman–Crippen LogP) is 2.00. The molecule has 100 valence electrons. The number of ether oxygens (including phenoxy) is 1. The number of nitrogens with two attached hydrogens (primary N) is 1. The minimum Gasteiger partial charge on any atom is -0.378 e. The maximum absolute atomic E-state index is 5.91. The first-order chi connectivity index (χ1) is 8.26. The van der Waals surface area contributed by atoms with Gasteiger partial charge in [-0.3, -0.25) is 4.90 Å². The van der Waals surface area contributed by atoms with E-state index < -0.39 is 0 Å².